The van der Waals surface area contributed by atoms with Gasteiger partial charge in [0, 0.05) is 31.0 Å². The van der Waals surface area contributed by atoms with Gasteiger partial charge in [-0.2, -0.15) is 9.47 Å². The van der Waals surface area contributed by atoms with Crippen molar-refractivity contribution in [1.29, 1.82) is 0 Å². The maximum absolute atomic E-state index is 4.66. The van der Waals surface area contributed by atoms with Crippen LogP contribution in [0.4, 0.5) is 10.8 Å². The highest BCUT2D eigenvalue weighted by atomic mass is 32.1. The summed E-state index contributed by atoms with van der Waals surface area (Å²) in [5.41, 5.74) is 4.76. The molecule has 9 heteroatoms. The van der Waals surface area contributed by atoms with Crippen molar-refractivity contribution in [1.82, 2.24) is 33.8 Å². The fourth-order valence-corrected chi connectivity index (χ4v) is 4.42. The van der Waals surface area contributed by atoms with Crippen LogP contribution in [-0.2, 0) is 6.54 Å². The van der Waals surface area contributed by atoms with Crippen LogP contribution in [0.25, 0.3) is 16.9 Å². The lowest BCUT2D eigenvalue weighted by molar-refractivity contribution is 0.317. The Balaban J connectivity index is 1.41. The highest BCUT2D eigenvalue weighted by molar-refractivity contribution is 7.10. The van der Waals surface area contributed by atoms with Gasteiger partial charge in [-0.15, -0.1) is 0 Å². The summed E-state index contributed by atoms with van der Waals surface area (Å²) < 4.78 is 6.66. The molecular weight excluding hydrogens is 372 g/mol. The number of hydrogen-bond donors (Lipinski definition) is 2. The van der Waals surface area contributed by atoms with E-state index in [-0.39, 0.29) is 0 Å². The molecule has 0 spiro atoms. The molecule has 4 aromatic rings. The Bertz CT molecular complexity index is 1100. The summed E-state index contributed by atoms with van der Waals surface area (Å²) in [5, 5.41) is 11.3. The van der Waals surface area contributed by atoms with Crippen molar-refractivity contribution >= 4 is 28.0 Å². The minimum absolute atomic E-state index is 0.736. The van der Waals surface area contributed by atoms with Gasteiger partial charge in [-0.05, 0) is 43.4 Å². The van der Waals surface area contributed by atoms with E-state index in [4.69, 9.17) is 0 Å². The first-order valence-electron chi connectivity index (χ1n) is 9.44. The van der Waals surface area contributed by atoms with Crippen molar-refractivity contribution in [3.05, 3.63) is 42.2 Å². The molecular formula is C19H22N8S. The van der Waals surface area contributed by atoms with Crippen LogP contribution in [0, 0.1) is 12.8 Å². The molecule has 28 heavy (non-hydrogen) atoms. The molecule has 2 N–H and O–H groups in total. The Morgan fingerprint density at radius 2 is 2.29 bits per heavy atom. The zero-order valence-electron chi connectivity index (χ0n) is 15.9. The number of imidazole rings is 1. The average molecular weight is 395 g/mol. The molecule has 0 amide bonds. The van der Waals surface area contributed by atoms with Crippen molar-refractivity contribution < 1.29 is 0 Å². The zero-order chi connectivity index (χ0) is 19.1. The molecule has 5 rings (SSSR count). The standard InChI is InChI=1S/C19H22N8S/c1-12-3-4-26(9-12)11-15-5-17(28-25-15)24-18-19-20-8-16(14-6-21-22-7-14)27(19)10-13(2)23-18/h5-8,10,12H,3-4,9,11H2,1-2H3,(H,21,22)(H,23,24)/t12-/m1/s1. The van der Waals surface area contributed by atoms with Crippen molar-refractivity contribution in [2.24, 2.45) is 5.92 Å². The Morgan fingerprint density at radius 1 is 1.36 bits per heavy atom. The molecule has 0 radical (unpaired) electrons. The summed E-state index contributed by atoms with van der Waals surface area (Å²) in [6.45, 7) is 7.52. The van der Waals surface area contributed by atoms with E-state index >= 15 is 0 Å². The minimum Gasteiger partial charge on any atom is -0.328 e. The number of nitrogens with one attached hydrogen (secondary N) is 2. The van der Waals surface area contributed by atoms with Gasteiger partial charge >= 0.3 is 0 Å². The van der Waals surface area contributed by atoms with Gasteiger partial charge in [0.2, 0.25) is 0 Å². The number of fused-ring (bicyclic) bond motifs is 1. The molecule has 1 aliphatic heterocycles. The molecule has 0 aromatic carbocycles. The minimum atomic E-state index is 0.736. The van der Waals surface area contributed by atoms with E-state index in [9.17, 15) is 0 Å². The van der Waals surface area contributed by atoms with Crippen molar-refractivity contribution in [3.63, 3.8) is 0 Å². The monoisotopic (exact) mass is 394 g/mol. The van der Waals surface area contributed by atoms with Gasteiger partial charge in [0.1, 0.15) is 5.00 Å². The summed E-state index contributed by atoms with van der Waals surface area (Å²) in [7, 11) is 0. The van der Waals surface area contributed by atoms with Gasteiger partial charge in [0.05, 0.1) is 29.5 Å². The molecule has 1 saturated heterocycles. The van der Waals surface area contributed by atoms with Gasteiger partial charge in [-0.25, -0.2) is 9.97 Å². The van der Waals surface area contributed by atoms with Crippen molar-refractivity contribution in [2.45, 2.75) is 26.8 Å². The molecule has 1 aliphatic rings. The Morgan fingerprint density at radius 3 is 3.07 bits per heavy atom. The fraction of sp³-hybridized carbons (Fsp3) is 0.368. The van der Waals surface area contributed by atoms with Gasteiger partial charge in [-0.3, -0.25) is 14.4 Å². The number of hydrogen-bond acceptors (Lipinski definition) is 7. The second-order valence-electron chi connectivity index (χ2n) is 7.49. The van der Waals surface area contributed by atoms with E-state index in [1.807, 2.05) is 29.9 Å². The van der Waals surface area contributed by atoms with Crippen LogP contribution in [0.3, 0.4) is 0 Å². The molecule has 4 aromatic heterocycles. The number of aromatic nitrogens is 6. The first-order valence-corrected chi connectivity index (χ1v) is 10.2. The molecule has 0 bridgehead atoms. The van der Waals surface area contributed by atoms with E-state index in [1.54, 1.807) is 6.20 Å². The Hall–Kier alpha value is -2.78. The summed E-state index contributed by atoms with van der Waals surface area (Å²) in [5.74, 6) is 1.52. The number of likely N-dealkylation sites (tertiary alicyclic amines) is 1. The summed E-state index contributed by atoms with van der Waals surface area (Å²) in [6, 6.07) is 2.12. The van der Waals surface area contributed by atoms with Gasteiger partial charge in [0.25, 0.3) is 0 Å². The lowest BCUT2D eigenvalue weighted by Gasteiger charge is -2.12. The third kappa shape index (κ3) is 3.27. The zero-order valence-corrected chi connectivity index (χ0v) is 16.7. The predicted octanol–water partition coefficient (Wildman–Crippen LogP) is 3.47. The van der Waals surface area contributed by atoms with Crippen LogP contribution >= 0.6 is 11.5 Å². The third-order valence-electron chi connectivity index (χ3n) is 5.10. The molecule has 1 fully saturated rings. The Kier molecular flexibility index (Phi) is 4.33. The van der Waals surface area contributed by atoms with Gasteiger partial charge in [0.15, 0.2) is 11.5 Å². The maximum Gasteiger partial charge on any atom is 0.180 e. The average Bonchev–Trinajstić information content (AvgIpc) is 3.43. The topological polar surface area (TPSA) is 87.0 Å². The maximum atomic E-state index is 4.66. The van der Waals surface area contributed by atoms with Crippen molar-refractivity contribution in [2.75, 3.05) is 18.4 Å². The third-order valence-corrected chi connectivity index (χ3v) is 5.84. The fourth-order valence-electron chi connectivity index (χ4n) is 3.76. The van der Waals surface area contributed by atoms with Crippen LogP contribution in [0.5, 0.6) is 0 Å². The largest absolute Gasteiger partial charge is 0.328 e. The van der Waals surface area contributed by atoms with E-state index in [1.165, 1.54) is 18.0 Å². The lowest BCUT2D eigenvalue weighted by atomic mass is 10.2. The first-order chi connectivity index (χ1) is 13.7. The SMILES string of the molecule is Cc1cn2c(-c3cn[nH]c3)cnc2c(Nc2cc(CN3CC[C@@H](C)C3)ns2)n1. The normalized spacial score (nSPS) is 17.6. The van der Waals surface area contributed by atoms with Crippen LogP contribution in [0.1, 0.15) is 24.7 Å². The first kappa shape index (κ1) is 17.3. The van der Waals surface area contributed by atoms with E-state index in [0.29, 0.717) is 0 Å². The van der Waals surface area contributed by atoms with Crippen LogP contribution in [-0.4, -0.2) is 46.9 Å². The second-order valence-corrected chi connectivity index (χ2v) is 8.30. The van der Waals surface area contributed by atoms with Gasteiger partial charge in [-0.1, -0.05) is 6.92 Å². The number of aryl methyl sites for hydroxylation is 1. The highest BCUT2D eigenvalue weighted by Gasteiger charge is 2.20. The number of H-pyrrole nitrogens is 1. The molecule has 0 unspecified atom stereocenters. The van der Waals surface area contributed by atoms with E-state index in [0.717, 1.165) is 64.7 Å². The van der Waals surface area contributed by atoms with Crippen molar-refractivity contribution in [3.8, 4) is 11.3 Å². The van der Waals surface area contributed by atoms with E-state index in [2.05, 4.69) is 47.7 Å². The summed E-state index contributed by atoms with van der Waals surface area (Å²) >= 11 is 1.47. The van der Waals surface area contributed by atoms with E-state index < -0.39 is 0 Å². The molecule has 0 saturated carbocycles. The van der Waals surface area contributed by atoms with Crippen LogP contribution < -0.4 is 5.32 Å². The smallest absolute Gasteiger partial charge is 0.180 e. The second kappa shape index (κ2) is 6.99. The quantitative estimate of drug-likeness (QED) is 0.539. The molecule has 144 valence electrons. The molecule has 5 heterocycles. The number of aromatic amines is 1. The summed E-state index contributed by atoms with van der Waals surface area (Å²) in [6.07, 6.45) is 8.77. The molecule has 8 nitrogen and oxygen atoms in total. The summed E-state index contributed by atoms with van der Waals surface area (Å²) in [4.78, 5) is 11.7. The Labute approximate surface area is 166 Å². The number of rotatable bonds is 5. The van der Waals surface area contributed by atoms with Crippen LogP contribution in [0.2, 0.25) is 0 Å². The lowest BCUT2D eigenvalue weighted by Crippen LogP contribution is -2.19. The number of anilines is 2. The predicted molar refractivity (Wildman–Crippen MR) is 110 cm³/mol. The molecule has 1 atom stereocenters. The molecule has 0 aliphatic carbocycles. The van der Waals surface area contributed by atoms with Crippen LogP contribution in [0.15, 0.2) is 30.9 Å². The number of nitrogens with zero attached hydrogens (tertiary/aromatic N) is 6. The highest BCUT2D eigenvalue weighted by Crippen LogP contribution is 2.28. The van der Waals surface area contributed by atoms with Gasteiger partial charge < -0.3 is 5.32 Å².